The first-order chi connectivity index (χ1) is 9.21. The molecule has 0 radical (unpaired) electrons. The number of halogens is 3. The van der Waals surface area contributed by atoms with E-state index in [4.69, 9.17) is 9.84 Å². The molecule has 0 saturated carbocycles. The van der Waals surface area contributed by atoms with E-state index in [0.29, 0.717) is 6.42 Å². The predicted molar refractivity (Wildman–Crippen MR) is 67.5 cm³/mol. The molecule has 3 nitrogen and oxygen atoms in total. The van der Waals surface area contributed by atoms with Gasteiger partial charge in [-0.05, 0) is 24.5 Å². The van der Waals surface area contributed by atoms with Gasteiger partial charge in [0.25, 0.3) is 0 Å². The zero-order valence-electron chi connectivity index (χ0n) is 11.3. The van der Waals surface area contributed by atoms with Crippen LogP contribution in [0.5, 0.6) is 5.75 Å². The van der Waals surface area contributed by atoms with E-state index in [-0.39, 0.29) is 18.3 Å². The van der Waals surface area contributed by atoms with Crippen LogP contribution < -0.4 is 4.74 Å². The van der Waals surface area contributed by atoms with Gasteiger partial charge in [0.15, 0.2) is 0 Å². The van der Waals surface area contributed by atoms with Gasteiger partial charge in [0.1, 0.15) is 12.4 Å². The number of rotatable bonds is 6. The van der Waals surface area contributed by atoms with Gasteiger partial charge in [0.2, 0.25) is 0 Å². The number of carboxylic acids is 1. The maximum atomic E-state index is 12.7. The molecule has 1 rings (SSSR count). The Balaban J connectivity index is 2.81. The van der Waals surface area contributed by atoms with Crippen molar-refractivity contribution in [2.75, 3.05) is 6.61 Å². The zero-order chi connectivity index (χ0) is 15.3. The van der Waals surface area contributed by atoms with Gasteiger partial charge < -0.3 is 9.84 Å². The van der Waals surface area contributed by atoms with Crippen molar-refractivity contribution in [1.82, 2.24) is 0 Å². The fourth-order valence-electron chi connectivity index (χ4n) is 1.83. The summed E-state index contributed by atoms with van der Waals surface area (Å²) < 4.78 is 43.3. The predicted octanol–water partition coefficient (Wildman–Crippen LogP) is 3.83. The van der Waals surface area contributed by atoms with E-state index in [0.717, 1.165) is 6.07 Å². The van der Waals surface area contributed by atoms with Gasteiger partial charge in [-0.15, -0.1) is 0 Å². The van der Waals surface area contributed by atoms with Crippen molar-refractivity contribution < 1.29 is 27.8 Å². The van der Waals surface area contributed by atoms with Crippen LogP contribution in [0.25, 0.3) is 0 Å². The lowest BCUT2D eigenvalue weighted by molar-refractivity contribution is -0.143. The normalized spacial score (nSPS) is 13.3. The van der Waals surface area contributed by atoms with Gasteiger partial charge in [-0.3, -0.25) is 4.79 Å². The Hall–Kier alpha value is -1.72. The van der Waals surface area contributed by atoms with Crippen LogP contribution in [0.15, 0.2) is 24.3 Å². The molecule has 0 heterocycles. The SMILES string of the molecule is CC(C)CC(COc1ccccc1C(F)(F)F)C(=O)O. The first kappa shape index (κ1) is 16.3. The van der Waals surface area contributed by atoms with Crippen molar-refractivity contribution in [1.29, 1.82) is 0 Å². The standard InChI is InChI=1S/C14H17F3O3/c1-9(2)7-10(13(18)19)8-20-12-6-4-3-5-11(12)14(15,16)17/h3-6,9-10H,7-8H2,1-2H3,(H,18,19). The summed E-state index contributed by atoms with van der Waals surface area (Å²) in [5.74, 6) is -2.10. The highest BCUT2D eigenvalue weighted by molar-refractivity contribution is 5.70. The van der Waals surface area contributed by atoms with Crippen LogP contribution in [0.1, 0.15) is 25.8 Å². The van der Waals surface area contributed by atoms with E-state index < -0.39 is 23.6 Å². The molecule has 1 unspecified atom stereocenters. The summed E-state index contributed by atoms with van der Waals surface area (Å²) in [6.45, 7) is 3.42. The van der Waals surface area contributed by atoms with Crippen LogP contribution in [0.2, 0.25) is 0 Å². The Labute approximate surface area is 115 Å². The average Bonchev–Trinajstić information content (AvgIpc) is 2.33. The Kier molecular flexibility index (Phi) is 5.42. The molecule has 0 amide bonds. The number of para-hydroxylation sites is 1. The lowest BCUT2D eigenvalue weighted by Crippen LogP contribution is -2.24. The minimum atomic E-state index is -4.52. The van der Waals surface area contributed by atoms with Gasteiger partial charge in [-0.25, -0.2) is 0 Å². The second-order valence-electron chi connectivity index (χ2n) is 4.97. The van der Waals surface area contributed by atoms with Crippen LogP contribution in [0, 0.1) is 11.8 Å². The molecule has 20 heavy (non-hydrogen) atoms. The van der Waals surface area contributed by atoms with E-state index >= 15 is 0 Å². The molecule has 0 aromatic heterocycles. The second kappa shape index (κ2) is 6.63. The number of alkyl halides is 3. The van der Waals surface area contributed by atoms with Crippen molar-refractivity contribution in [3.05, 3.63) is 29.8 Å². The van der Waals surface area contributed by atoms with Crippen molar-refractivity contribution >= 4 is 5.97 Å². The first-order valence-corrected chi connectivity index (χ1v) is 6.23. The number of hydrogen-bond donors (Lipinski definition) is 1. The topological polar surface area (TPSA) is 46.5 Å². The first-order valence-electron chi connectivity index (χ1n) is 6.23. The molecule has 1 aromatic rings. The smallest absolute Gasteiger partial charge is 0.419 e. The number of ether oxygens (including phenoxy) is 1. The zero-order valence-corrected chi connectivity index (χ0v) is 11.3. The molecule has 1 N–H and O–H groups in total. The summed E-state index contributed by atoms with van der Waals surface area (Å²) >= 11 is 0. The molecular weight excluding hydrogens is 273 g/mol. The fraction of sp³-hybridized carbons (Fsp3) is 0.500. The van der Waals surface area contributed by atoms with Crippen molar-refractivity contribution in [2.24, 2.45) is 11.8 Å². The second-order valence-corrected chi connectivity index (χ2v) is 4.97. The van der Waals surface area contributed by atoms with Crippen LogP contribution in [0.4, 0.5) is 13.2 Å². The third kappa shape index (κ3) is 4.75. The van der Waals surface area contributed by atoms with Gasteiger partial charge in [-0.2, -0.15) is 13.2 Å². The number of carbonyl (C=O) groups is 1. The molecule has 6 heteroatoms. The summed E-state index contributed by atoms with van der Waals surface area (Å²) in [6, 6.07) is 4.78. The minimum absolute atomic E-state index is 0.123. The van der Waals surface area contributed by atoms with Crippen molar-refractivity contribution in [2.45, 2.75) is 26.4 Å². The van der Waals surface area contributed by atoms with Crippen molar-refractivity contribution in [3.63, 3.8) is 0 Å². The third-order valence-corrected chi connectivity index (χ3v) is 2.74. The Morgan fingerprint density at radius 2 is 1.90 bits per heavy atom. The molecule has 0 saturated heterocycles. The average molecular weight is 290 g/mol. The monoisotopic (exact) mass is 290 g/mol. The lowest BCUT2D eigenvalue weighted by atomic mass is 9.98. The maximum absolute atomic E-state index is 12.7. The summed E-state index contributed by atoms with van der Waals surface area (Å²) in [4.78, 5) is 11.0. The molecule has 112 valence electrons. The molecule has 1 atom stereocenters. The molecule has 0 fully saturated rings. The fourth-order valence-corrected chi connectivity index (χ4v) is 1.83. The molecule has 0 bridgehead atoms. The summed E-state index contributed by atoms with van der Waals surface area (Å²) in [5, 5.41) is 9.03. The Morgan fingerprint density at radius 1 is 1.30 bits per heavy atom. The van der Waals surface area contributed by atoms with E-state index in [1.807, 2.05) is 13.8 Å². The molecule has 0 spiro atoms. The largest absolute Gasteiger partial charge is 0.492 e. The molecular formula is C14H17F3O3. The van der Waals surface area contributed by atoms with E-state index in [9.17, 15) is 18.0 Å². The van der Waals surface area contributed by atoms with E-state index in [1.54, 1.807) is 0 Å². The highest BCUT2D eigenvalue weighted by Gasteiger charge is 2.34. The quantitative estimate of drug-likeness (QED) is 0.866. The van der Waals surface area contributed by atoms with Crippen molar-refractivity contribution in [3.8, 4) is 5.75 Å². The highest BCUT2D eigenvalue weighted by Crippen LogP contribution is 2.36. The Morgan fingerprint density at radius 3 is 2.40 bits per heavy atom. The summed E-state index contributed by atoms with van der Waals surface area (Å²) in [5.41, 5.74) is -0.895. The molecule has 1 aromatic carbocycles. The summed E-state index contributed by atoms with van der Waals surface area (Å²) in [7, 11) is 0. The maximum Gasteiger partial charge on any atom is 0.419 e. The van der Waals surface area contributed by atoms with E-state index in [1.165, 1.54) is 18.2 Å². The number of benzene rings is 1. The van der Waals surface area contributed by atoms with Gasteiger partial charge >= 0.3 is 12.1 Å². The number of aliphatic carboxylic acids is 1. The Bertz CT molecular complexity index is 455. The highest BCUT2D eigenvalue weighted by atomic mass is 19.4. The minimum Gasteiger partial charge on any atom is -0.492 e. The van der Waals surface area contributed by atoms with Gasteiger partial charge in [0, 0.05) is 0 Å². The van der Waals surface area contributed by atoms with Gasteiger partial charge in [-0.1, -0.05) is 26.0 Å². The van der Waals surface area contributed by atoms with Gasteiger partial charge in [0.05, 0.1) is 11.5 Å². The lowest BCUT2D eigenvalue weighted by Gasteiger charge is -2.18. The molecule has 0 aliphatic rings. The number of hydrogen-bond acceptors (Lipinski definition) is 2. The van der Waals surface area contributed by atoms with Crippen LogP contribution in [0.3, 0.4) is 0 Å². The number of carboxylic acid groups (broad SMARTS) is 1. The van der Waals surface area contributed by atoms with E-state index in [2.05, 4.69) is 0 Å². The third-order valence-electron chi connectivity index (χ3n) is 2.74. The molecule has 0 aliphatic carbocycles. The van der Waals surface area contributed by atoms with Crippen LogP contribution in [-0.2, 0) is 11.0 Å². The summed E-state index contributed by atoms with van der Waals surface area (Å²) in [6.07, 6.45) is -4.17. The molecule has 0 aliphatic heterocycles. The van der Waals surface area contributed by atoms with Crippen LogP contribution in [-0.4, -0.2) is 17.7 Å². The van der Waals surface area contributed by atoms with Crippen LogP contribution >= 0.6 is 0 Å².